The highest BCUT2D eigenvalue weighted by Gasteiger charge is 2.45. The summed E-state index contributed by atoms with van der Waals surface area (Å²) in [5.41, 5.74) is 3.32. The number of allylic oxidation sites excluding steroid dienone is 2. The minimum atomic E-state index is -0.735. The molecule has 0 aliphatic heterocycles. The maximum Gasteiger partial charge on any atom is 0.339 e. The van der Waals surface area contributed by atoms with Crippen LogP contribution in [0.1, 0.15) is 44.9 Å². The van der Waals surface area contributed by atoms with Crippen LogP contribution in [-0.2, 0) is 4.79 Å². The van der Waals surface area contributed by atoms with Crippen molar-refractivity contribution in [1.29, 1.82) is 0 Å². The van der Waals surface area contributed by atoms with Crippen molar-refractivity contribution < 1.29 is 14.7 Å². The summed E-state index contributed by atoms with van der Waals surface area (Å²) in [5, 5.41) is 15.7. The molecule has 4 atom stereocenters. The smallest absolute Gasteiger partial charge is 0.339 e. The molecule has 3 N–H and O–H groups in total. The Bertz CT molecular complexity index is 717. The maximum absolute atomic E-state index is 12.0. The quantitative estimate of drug-likeness (QED) is 0.251. The predicted octanol–water partition coefficient (Wildman–Crippen LogP) is 4.66. The van der Waals surface area contributed by atoms with Crippen molar-refractivity contribution in [3.63, 3.8) is 0 Å². The van der Waals surface area contributed by atoms with Crippen LogP contribution in [0.15, 0.2) is 47.6 Å². The van der Waals surface area contributed by atoms with Gasteiger partial charge in [-0.25, -0.2) is 10.2 Å². The van der Waals surface area contributed by atoms with Gasteiger partial charge in [-0.1, -0.05) is 30.4 Å². The average molecular weight is 383 g/mol. The molecule has 2 bridgehead atoms. The van der Waals surface area contributed by atoms with E-state index >= 15 is 0 Å². The summed E-state index contributed by atoms with van der Waals surface area (Å²) in [7, 11) is 0. The third-order valence-corrected chi connectivity index (χ3v) is 5.94. The van der Waals surface area contributed by atoms with Gasteiger partial charge < -0.3 is 10.4 Å². The lowest BCUT2D eigenvalue weighted by Gasteiger charge is -2.27. The first-order valence-electron chi connectivity index (χ1n) is 10.2. The molecule has 0 heterocycles. The lowest BCUT2D eigenvalue weighted by atomic mass is 9.78. The minimum absolute atomic E-state index is 0.227. The van der Waals surface area contributed by atoms with Gasteiger partial charge in [-0.3, -0.25) is 4.79 Å². The van der Waals surface area contributed by atoms with Crippen LogP contribution in [0.5, 0.6) is 0 Å². The number of nitrogens with zero attached hydrogens (tertiary/aromatic N) is 1. The number of anilines is 1. The van der Waals surface area contributed by atoms with Crippen molar-refractivity contribution in [2.45, 2.75) is 44.9 Å². The van der Waals surface area contributed by atoms with Gasteiger partial charge in [-0.2, -0.15) is 5.10 Å². The number of para-hydroxylation sites is 1. The summed E-state index contributed by atoms with van der Waals surface area (Å²) in [5.74, 6) is 1.64. The molecule has 6 nitrogen and oxygen atoms in total. The number of aliphatic carboxylic acids is 1. The van der Waals surface area contributed by atoms with E-state index in [1.54, 1.807) is 0 Å². The number of hydrogen-bond donors (Lipinski definition) is 3. The van der Waals surface area contributed by atoms with Gasteiger partial charge in [0.05, 0.1) is 0 Å². The lowest BCUT2D eigenvalue weighted by molar-refractivity contribution is -0.137. The Morgan fingerprint density at radius 1 is 1.14 bits per heavy atom. The topological polar surface area (TPSA) is 90.8 Å². The molecule has 2 amide bonds. The predicted molar refractivity (Wildman–Crippen MR) is 110 cm³/mol. The Morgan fingerprint density at radius 3 is 2.71 bits per heavy atom. The van der Waals surface area contributed by atoms with Crippen LogP contribution in [0.25, 0.3) is 0 Å². The van der Waals surface area contributed by atoms with E-state index in [-0.39, 0.29) is 12.5 Å². The Hall–Kier alpha value is -2.63. The van der Waals surface area contributed by atoms with Crippen LogP contribution in [0.3, 0.4) is 0 Å². The molecule has 1 aromatic carbocycles. The monoisotopic (exact) mass is 383 g/mol. The Morgan fingerprint density at radius 2 is 1.93 bits per heavy atom. The molecule has 0 radical (unpaired) electrons. The van der Waals surface area contributed by atoms with Gasteiger partial charge in [0.25, 0.3) is 0 Å². The highest BCUT2D eigenvalue weighted by atomic mass is 16.4. The van der Waals surface area contributed by atoms with Crippen LogP contribution in [0, 0.1) is 23.7 Å². The number of carbonyl (C=O) groups excluding carboxylic acids is 1. The van der Waals surface area contributed by atoms with Crippen LogP contribution in [-0.4, -0.2) is 23.3 Å². The molecule has 1 aromatic rings. The molecule has 0 spiro atoms. The fourth-order valence-electron chi connectivity index (χ4n) is 4.64. The number of carbonyl (C=O) groups is 2. The van der Waals surface area contributed by atoms with Gasteiger partial charge in [0, 0.05) is 24.2 Å². The molecule has 28 heavy (non-hydrogen) atoms. The average Bonchev–Trinajstić information content (AvgIpc) is 3.27. The van der Waals surface area contributed by atoms with Gasteiger partial charge in [0.1, 0.15) is 0 Å². The van der Waals surface area contributed by atoms with E-state index in [1.165, 1.54) is 19.3 Å². The maximum atomic E-state index is 12.0. The van der Waals surface area contributed by atoms with Crippen molar-refractivity contribution >= 4 is 23.9 Å². The molecule has 0 saturated heterocycles. The van der Waals surface area contributed by atoms with Gasteiger partial charge in [-0.15, -0.1) is 0 Å². The number of hydrogen-bond acceptors (Lipinski definition) is 3. The van der Waals surface area contributed by atoms with Crippen molar-refractivity contribution in [3.05, 3.63) is 42.5 Å². The van der Waals surface area contributed by atoms with E-state index in [2.05, 4.69) is 28.0 Å². The largest absolute Gasteiger partial charge is 0.481 e. The number of benzene rings is 1. The summed E-state index contributed by atoms with van der Waals surface area (Å²) in [4.78, 5) is 22.5. The Kier molecular flexibility index (Phi) is 7.23. The first kappa shape index (κ1) is 20.1. The third-order valence-electron chi connectivity index (χ3n) is 5.94. The molecule has 2 aliphatic rings. The molecular weight excluding hydrogens is 354 g/mol. The van der Waals surface area contributed by atoms with E-state index in [0.29, 0.717) is 24.2 Å². The standard InChI is InChI=1S/C22H29N3O3/c26-21(27)11-7-2-1-6-10-19-16-12-13-17(14-16)20(19)15-23-25-22(28)24-18-8-4-3-5-9-18/h1,3-6,8-9,15-17,19-20H,2,7,10-14H2,(H,26,27)(H2,24,25,28)/b6-1-,23-15+/t16-,17+,19-,20-/m0/s1. The van der Waals surface area contributed by atoms with Crippen molar-refractivity contribution in [1.82, 2.24) is 5.43 Å². The molecule has 2 saturated carbocycles. The Balaban J connectivity index is 1.46. The van der Waals surface area contributed by atoms with Crippen LogP contribution < -0.4 is 10.7 Å². The fraction of sp³-hybridized carbons (Fsp3) is 0.500. The minimum Gasteiger partial charge on any atom is -0.481 e. The summed E-state index contributed by atoms with van der Waals surface area (Å²) >= 11 is 0. The van der Waals surface area contributed by atoms with Crippen molar-refractivity contribution in [2.75, 3.05) is 5.32 Å². The van der Waals surface area contributed by atoms with Crippen LogP contribution in [0.4, 0.5) is 10.5 Å². The molecule has 2 aliphatic carbocycles. The zero-order chi connectivity index (χ0) is 19.8. The number of nitrogens with one attached hydrogen (secondary N) is 2. The lowest BCUT2D eigenvalue weighted by Crippen LogP contribution is -2.27. The summed E-state index contributed by atoms with van der Waals surface area (Å²) in [6.45, 7) is 0. The first-order valence-corrected chi connectivity index (χ1v) is 10.2. The number of urea groups is 1. The summed E-state index contributed by atoms with van der Waals surface area (Å²) in [6.07, 6.45) is 12.7. The number of rotatable bonds is 9. The van der Waals surface area contributed by atoms with Gasteiger partial charge in [0.15, 0.2) is 0 Å². The van der Waals surface area contributed by atoms with E-state index in [9.17, 15) is 9.59 Å². The molecule has 0 aromatic heterocycles. The number of hydrazone groups is 1. The van der Waals surface area contributed by atoms with E-state index in [1.807, 2.05) is 36.5 Å². The zero-order valence-electron chi connectivity index (χ0n) is 16.1. The van der Waals surface area contributed by atoms with E-state index in [0.717, 1.165) is 24.4 Å². The number of amides is 2. The molecule has 0 unspecified atom stereocenters. The summed E-state index contributed by atoms with van der Waals surface area (Å²) < 4.78 is 0. The summed E-state index contributed by atoms with van der Waals surface area (Å²) in [6, 6.07) is 8.97. The van der Waals surface area contributed by atoms with E-state index in [4.69, 9.17) is 5.11 Å². The van der Waals surface area contributed by atoms with Crippen molar-refractivity contribution in [3.8, 4) is 0 Å². The fourth-order valence-corrected chi connectivity index (χ4v) is 4.64. The zero-order valence-corrected chi connectivity index (χ0v) is 16.1. The van der Waals surface area contributed by atoms with Crippen LogP contribution in [0.2, 0.25) is 0 Å². The van der Waals surface area contributed by atoms with E-state index < -0.39 is 5.97 Å². The highest BCUT2D eigenvalue weighted by Crippen LogP contribution is 2.52. The molecule has 2 fully saturated rings. The number of fused-ring (bicyclic) bond motifs is 2. The third kappa shape index (κ3) is 5.68. The molecule has 6 heteroatoms. The van der Waals surface area contributed by atoms with Gasteiger partial charge >= 0.3 is 12.0 Å². The van der Waals surface area contributed by atoms with Gasteiger partial charge in [0.2, 0.25) is 0 Å². The number of unbranched alkanes of at least 4 members (excludes halogenated alkanes) is 1. The molecule has 150 valence electrons. The number of carboxylic acids is 1. The second kappa shape index (κ2) is 10.1. The first-order chi connectivity index (χ1) is 13.6. The Labute approximate surface area is 166 Å². The second-order valence-electron chi connectivity index (χ2n) is 7.78. The second-order valence-corrected chi connectivity index (χ2v) is 7.78. The number of carboxylic acid groups (broad SMARTS) is 1. The molecule has 3 rings (SSSR count). The van der Waals surface area contributed by atoms with Crippen molar-refractivity contribution in [2.24, 2.45) is 28.8 Å². The SMILES string of the molecule is O=C(O)CCC/C=C\C[C@H]1[C@H]2CC[C@H](C2)[C@@H]1/C=N/NC(=O)Nc1ccccc1. The normalized spacial score (nSPS) is 26.1. The molecular formula is C22H29N3O3. The van der Waals surface area contributed by atoms with Gasteiger partial charge in [-0.05, 0) is 68.4 Å². The van der Waals surface area contributed by atoms with Crippen LogP contribution >= 0.6 is 0 Å². The highest BCUT2D eigenvalue weighted by molar-refractivity contribution is 5.89.